The number of rotatable bonds is 5. The van der Waals surface area contributed by atoms with Gasteiger partial charge in [0.1, 0.15) is 0 Å². The molecular weight excluding hydrogens is 212 g/mol. The van der Waals surface area contributed by atoms with Crippen molar-refractivity contribution in [2.45, 2.75) is 44.4 Å². The van der Waals surface area contributed by atoms with Crippen LogP contribution in [0.15, 0.2) is 0 Å². The summed E-state index contributed by atoms with van der Waals surface area (Å²) in [4.78, 5) is 22.2. The minimum atomic E-state index is -0.924. The maximum atomic E-state index is 11.7. The second-order valence-corrected chi connectivity index (χ2v) is 4.06. The molecule has 1 aliphatic rings. The summed E-state index contributed by atoms with van der Waals surface area (Å²) >= 11 is 0. The van der Waals surface area contributed by atoms with E-state index in [-0.39, 0.29) is 18.4 Å². The lowest BCUT2D eigenvalue weighted by molar-refractivity contribution is -0.137. The van der Waals surface area contributed by atoms with Crippen molar-refractivity contribution in [3.8, 4) is 0 Å². The van der Waals surface area contributed by atoms with Gasteiger partial charge in [-0.25, -0.2) is 0 Å². The molecule has 1 amide bonds. The first-order valence-corrected chi connectivity index (χ1v) is 5.46. The first-order chi connectivity index (χ1) is 7.52. The summed E-state index contributed by atoms with van der Waals surface area (Å²) in [6.07, 6.45) is 0.399. The van der Waals surface area contributed by atoms with Crippen LogP contribution in [-0.2, 0) is 9.59 Å². The van der Waals surface area contributed by atoms with E-state index in [1.165, 1.54) is 0 Å². The maximum Gasteiger partial charge on any atom is 0.305 e. The van der Waals surface area contributed by atoms with Crippen molar-refractivity contribution in [2.75, 3.05) is 6.54 Å². The number of aliphatic hydroxyl groups is 1. The normalized spacial score (nSPS) is 26.4. The van der Waals surface area contributed by atoms with Crippen LogP contribution in [0.5, 0.6) is 0 Å². The smallest absolute Gasteiger partial charge is 0.305 e. The zero-order chi connectivity index (χ0) is 12.1. The van der Waals surface area contributed by atoms with E-state index >= 15 is 0 Å². The minimum absolute atomic E-state index is 0.0719. The number of hydrogen-bond donors (Lipinski definition) is 4. The molecule has 0 saturated carbocycles. The van der Waals surface area contributed by atoms with Crippen molar-refractivity contribution < 1.29 is 19.8 Å². The molecule has 0 spiro atoms. The number of aliphatic hydroxyl groups excluding tert-OH is 1. The summed E-state index contributed by atoms with van der Waals surface area (Å²) in [5, 5.41) is 23.4. The van der Waals surface area contributed by atoms with Crippen molar-refractivity contribution in [1.82, 2.24) is 10.6 Å². The molecule has 6 heteroatoms. The number of carboxylic acid groups (broad SMARTS) is 1. The summed E-state index contributed by atoms with van der Waals surface area (Å²) in [6, 6.07) is -0.748. The van der Waals surface area contributed by atoms with Crippen LogP contribution >= 0.6 is 0 Å². The average Bonchev–Trinajstić information content (AvgIpc) is 2.63. The number of amides is 1. The van der Waals surface area contributed by atoms with Crippen LogP contribution in [0.2, 0.25) is 0 Å². The van der Waals surface area contributed by atoms with E-state index in [0.29, 0.717) is 19.4 Å². The molecule has 1 rings (SSSR count). The molecule has 0 aromatic heterocycles. The molecule has 1 fully saturated rings. The fraction of sp³-hybridized carbons (Fsp3) is 0.800. The first kappa shape index (κ1) is 12.9. The van der Waals surface area contributed by atoms with Gasteiger partial charge in [0.05, 0.1) is 18.6 Å². The Balaban J connectivity index is 2.39. The second kappa shape index (κ2) is 5.81. The van der Waals surface area contributed by atoms with Crippen LogP contribution < -0.4 is 10.6 Å². The van der Waals surface area contributed by atoms with E-state index < -0.39 is 18.1 Å². The average molecular weight is 230 g/mol. The lowest BCUT2D eigenvalue weighted by atomic mass is 10.1. The van der Waals surface area contributed by atoms with Gasteiger partial charge in [-0.15, -0.1) is 0 Å². The fourth-order valence-electron chi connectivity index (χ4n) is 1.73. The Kier molecular flexibility index (Phi) is 4.70. The van der Waals surface area contributed by atoms with Crippen LogP contribution in [0.1, 0.15) is 26.2 Å². The standard InChI is InChI=1S/C10H18N2O4/c1-2-6(3-9(14)15)12-10(16)8-4-7(13)5-11-8/h6-8,11,13H,2-5H2,1H3,(H,12,16)(H,14,15). The van der Waals surface area contributed by atoms with E-state index in [1.54, 1.807) is 0 Å². The third kappa shape index (κ3) is 3.79. The van der Waals surface area contributed by atoms with Crippen molar-refractivity contribution in [2.24, 2.45) is 0 Å². The van der Waals surface area contributed by atoms with Gasteiger partial charge in [-0.05, 0) is 12.8 Å². The Bertz CT molecular complexity index is 270. The van der Waals surface area contributed by atoms with E-state index in [0.717, 1.165) is 0 Å². The molecule has 92 valence electrons. The highest BCUT2D eigenvalue weighted by Gasteiger charge is 2.29. The van der Waals surface area contributed by atoms with Crippen LogP contribution in [0.3, 0.4) is 0 Å². The van der Waals surface area contributed by atoms with Gasteiger partial charge < -0.3 is 20.8 Å². The van der Waals surface area contributed by atoms with Gasteiger partial charge in [0.25, 0.3) is 0 Å². The molecule has 1 aliphatic heterocycles. The molecule has 0 aromatic rings. The van der Waals surface area contributed by atoms with Crippen molar-refractivity contribution in [3.63, 3.8) is 0 Å². The quantitative estimate of drug-likeness (QED) is 0.489. The van der Waals surface area contributed by atoms with Gasteiger partial charge in [-0.2, -0.15) is 0 Å². The summed E-state index contributed by atoms with van der Waals surface area (Å²) in [6.45, 7) is 2.23. The first-order valence-electron chi connectivity index (χ1n) is 5.46. The molecule has 6 nitrogen and oxygen atoms in total. The van der Waals surface area contributed by atoms with E-state index in [2.05, 4.69) is 10.6 Å². The number of β-amino-alcohol motifs (C(OH)–C–C–N with tert-alkyl or cyclic N) is 1. The van der Waals surface area contributed by atoms with Gasteiger partial charge in [-0.1, -0.05) is 6.92 Å². The third-order valence-electron chi connectivity index (χ3n) is 2.68. The predicted octanol–water partition coefficient (Wildman–Crippen LogP) is -0.921. The number of carbonyl (C=O) groups is 2. The fourth-order valence-corrected chi connectivity index (χ4v) is 1.73. The number of hydrogen-bond acceptors (Lipinski definition) is 4. The summed E-state index contributed by atoms with van der Waals surface area (Å²) in [5.74, 6) is -1.16. The molecular formula is C10H18N2O4. The van der Waals surface area contributed by atoms with E-state index in [4.69, 9.17) is 5.11 Å². The topological polar surface area (TPSA) is 98.7 Å². The largest absolute Gasteiger partial charge is 0.481 e. The number of carboxylic acids is 1. The van der Waals surface area contributed by atoms with Gasteiger partial charge >= 0.3 is 5.97 Å². The molecule has 1 saturated heterocycles. The maximum absolute atomic E-state index is 11.7. The highest BCUT2D eigenvalue weighted by molar-refractivity contribution is 5.83. The van der Waals surface area contributed by atoms with Crippen LogP contribution in [0.25, 0.3) is 0 Å². The third-order valence-corrected chi connectivity index (χ3v) is 2.68. The highest BCUT2D eigenvalue weighted by atomic mass is 16.4. The molecule has 0 radical (unpaired) electrons. The van der Waals surface area contributed by atoms with E-state index in [9.17, 15) is 14.7 Å². The Morgan fingerprint density at radius 3 is 2.69 bits per heavy atom. The van der Waals surface area contributed by atoms with Gasteiger partial charge in [0.2, 0.25) is 5.91 Å². The Morgan fingerprint density at radius 1 is 1.56 bits per heavy atom. The van der Waals surface area contributed by atoms with Crippen molar-refractivity contribution in [1.29, 1.82) is 0 Å². The van der Waals surface area contributed by atoms with Crippen LogP contribution in [-0.4, -0.2) is 46.8 Å². The Morgan fingerprint density at radius 2 is 2.25 bits per heavy atom. The monoisotopic (exact) mass is 230 g/mol. The molecule has 16 heavy (non-hydrogen) atoms. The number of nitrogens with one attached hydrogen (secondary N) is 2. The number of aliphatic carboxylic acids is 1. The van der Waals surface area contributed by atoms with Gasteiger partial charge in [-0.3, -0.25) is 9.59 Å². The molecule has 3 atom stereocenters. The van der Waals surface area contributed by atoms with Crippen LogP contribution in [0, 0.1) is 0 Å². The molecule has 0 aliphatic carbocycles. The number of carbonyl (C=O) groups excluding carboxylic acids is 1. The molecule has 3 unspecified atom stereocenters. The minimum Gasteiger partial charge on any atom is -0.481 e. The molecule has 4 N–H and O–H groups in total. The van der Waals surface area contributed by atoms with Crippen molar-refractivity contribution in [3.05, 3.63) is 0 Å². The lowest BCUT2D eigenvalue weighted by Crippen LogP contribution is -2.45. The molecule has 0 aromatic carbocycles. The molecule has 0 bridgehead atoms. The lowest BCUT2D eigenvalue weighted by Gasteiger charge is -2.17. The predicted molar refractivity (Wildman–Crippen MR) is 56.9 cm³/mol. The van der Waals surface area contributed by atoms with Crippen LogP contribution in [0.4, 0.5) is 0 Å². The van der Waals surface area contributed by atoms with Gasteiger partial charge in [0.15, 0.2) is 0 Å². The SMILES string of the molecule is CCC(CC(=O)O)NC(=O)C1CC(O)CN1. The zero-order valence-electron chi connectivity index (χ0n) is 9.27. The molecule has 1 heterocycles. The van der Waals surface area contributed by atoms with Gasteiger partial charge in [0, 0.05) is 12.6 Å². The summed E-state index contributed by atoms with van der Waals surface area (Å²) in [7, 11) is 0. The Hall–Kier alpha value is -1.14. The van der Waals surface area contributed by atoms with E-state index in [1.807, 2.05) is 6.92 Å². The Labute approximate surface area is 94.0 Å². The second-order valence-electron chi connectivity index (χ2n) is 4.06. The highest BCUT2D eigenvalue weighted by Crippen LogP contribution is 2.07. The van der Waals surface area contributed by atoms with Crippen molar-refractivity contribution >= 4 is 11.9 Å². The summed E-state index contributed by atoms with van der Waals surface area (Å²) < 4.78 is 0. The summed E-state index contributed by atoms with van der Waals surface area (Å²) in [5.41, 5.74) is 0. The zero-order valence-corrected chi connectivity index (χ0v) is 9.27.